The van der Waals surface area contributed by atoms with Crippen molar-refractivity contribution in [3.05, 3.63) is 99.4 Å². The lowest BCUT2D eigenvalue weighted by molar-refractivity contribution is -0.384. The summed E-state index contributed by atoms with van der Waals surface area (Å²) in [5, 5.41) is 21.9. The summed E-state index contributed by atoms with van der Waals surface area (Å²) in [5.41, 5.74) is 0.321. The number of fused-ring (bicyclic) bond motifs is 1. The minimum atomic E-state index is -1.14. The second-order valence-corrected chi connectivity index (χ2v) is 8.11. The van der Waals surface area contributed by atoms with Gasteiger partial charge in [0.2, 0.25) is 5.78 Å². The zero-order valence-corrected chi connectivity index (χ0v) is 17.3. The van der Waals surface area contributed by atoms with Crippen molar-refractivity contribution in [1.82, 2.24) is 4.98 Å². The monoisotopic (exact) mass is 465 g/mol. The third-order valence-corrected chi connectivity index (χ3v) is 6.18. The van der Waals surface area contributed by atoms with Gasteiger partial charge >= 0.3 is 0 Å². The van der Waals surface area contributed by atoms with E-state index < -0.39 is 34.2 Å². The van der Waals surface area contributed by atoms with Crippen molar-refractivity contribution in [3.63, 3.8) is 0 Å². The molecule has 0 saturated heterocycles. The van der Waals surface area contributed by atoms with Crippen LogP contribution in [0.4, 0.5) is 15.2 Å². The number of nitrogens with zero attached hydrogens (tertiary/aromatic N) is 3. The first-order valence-corrected chi connectivity index (χ1v) is 10.3. The number of carbonyl (C=O) groups excluding carboxylic acids is 2. The number of furan rings is 1. The molecular formula is C22H12FN3O6S. The molecule has 33 heavy (non-hydrogen) atoms. The molecule has 1 atom stereocenters. The van der Waals surface area contributed by atoms with Gasteiger partial charge in [-0.3, -0.25) is 24.6 Å². The fraction of sp³-hybridized carbons (Fsp3) is 0.0455. The molecular weight excluding hydrogens is 453 g/mol. The van der Waals surface area contributed by atoms with Crippen molar-refractivity contribution in [1.29, 1.82) is 0 Å². The van der Waals surface area contributed by atoms with Gasteiger partial charge in [-0.15, -0.1) is 0 Å². The van der Waals surface area contributed by atoms with Crippen molar-refractivity contribution in [2.24, 2.45) is 0 Å². The quantitative estimate of drug-likeness (QED) is 0.257. The molecule has 11 heteroatoms. The SMILES string of the molecule is O=C(C1=C(O)C(=O)N(c2nc3ccc(F)cc3s2)[C@H]1c1ccc([N+](=O)[O-])cc1)c1ccco1. The van der Waals surface area contributed by atoms with E-state index in [4.69, 9.17) is 4.42 Å². The number of aliphatic hydroxyl groups is 1. The average molecular weight is 465 g/mol. The lowest BCUT2D eigenvalue weighted by atomic mass is 9.95. The first kappa shape index (κ1) is 20.5. The molecule has 5 rings (SSSR count). The van der Waals surface area contributed by atoms with Crippen molar-refractivity contribution >= 4 is 44.1 Å². The van der Waals surface area contributed by atoms with Gasteiger partial charge in [-0.05, 0) is 48.0 Å². The summed E-state index contributed by atoms with van der Waals surface area (Å²) < 4.78 is 19.3. The van der Waals surface area contributed by atoms with Gasteiger partial charge in [0.05, 0.1) is 33.0 Å². The number of amides is 1. The molecule has 2 aromatic carbocycles. The number of ketones is 1. The average Bonchev–Trinajstić information content (AvgIpc) is 3.52. The number of thiazole rings is 1. The Hall–Kier alpha value is -4.38. The predicted molar refractivity (Wildman–Crippen MR) is 116 cm³/mol. The van der Waals surface area contributed by atoms with Crippen LogP contribution in [0.1, 0.15) is 22.2 Å². The first-order chi connectivity index (χ1) is 15.8. The van der Waals surface area contributed by atoms with Crippen molar-refractivity contribution in [2.45, 2.75) is 6.04 Å². The number of Topliss-reactive ketones (excluding diaryl/α,β-unsaturated/α-hetero) is 1. The number of hydrogen-bond donors (Lipinski definition) is 1. The fourth-order valence-electron chi connectivity index (χ4n) is 3.66. The minimum Gasteiger partial charge on any atom is -0.503 e. The maximum atomic E-state index is 13.7. The number of nitro benzene ring substituents is 1. The van der Waals surface area contributed by atoms with Gasteiger partial charge in [-0.25, -0.2) is 9.37 Å². The van der Waals surface area contributed by atoms with E-state index in [0.29, 0.717) is 15.8 Å². The number of non-ortho nitro benzene ring substituents is 1. The number of nitro groups is 1. The van der Waals surface area contributed by atoms with Crippen LogP contribution in [0.3, 0.4) is 0 Å². The van der Waals surface area contributed by atoms with E-state index in [1.807, 2.05) is 0 Å². The van der Waals surface area contributed by atoms with E-state index in [2.05, 4.69) is 4.98 Å². The topological polar surface area (TPSA) is 127 Å². The highest BCUT2D eigenvalue weighted by atomic mass is 32.1. The third-order valence-electron chi connectivity index (χ3n) is 5.16. The molecule has 0 saturated carbocycles. The molecule has 9 nitrogen and oxygen atoms in total. The molecule has 1 amide bonds. The molecule has 1 aliphatic rings. The van der Waals surface area contributed by atoms with Crippen LogP contribution in [0, 0.1) is 15.9 Å². The molecule has 4 aromatic rings. The molecule has 0 aliphatic carbocycles. The van der Waals surface area contributed by atoms with E-state index in [1.165, 1.54) is 60.9 Å². The number of rotatable bonds is 5. The van der Waals surface area contributed by atoms with E-state index in [-0.39, 0.29) is 22.2 Å². The van der Waals surface area contributed by atoms with Gasteiger partial charge in [0.1, 0.15) is 5.82 Å². The summed E-state index contributed by atoms with van der Waals surface area (Å²) in [6.45, 7) is 0. The smallest absolute Gasteiger partial charge is 0.296 e. The molecule has 1 N–H and O–H groups in total. The molecule has 2 aromatic heterocycles. The summed E-state index contributed by atoms with van der Waals surface area (Å²) in [7, 11) is 0. The first-order valence-electron chi connectivity index (χ1n) is 9.50. The summed E-state index contributed by atoms with van der Waals surface area (Å²) >= 11 is 1.01. The molecule has 0 fully saturated rings. The maximum absolute atomic E-state index is 13.7. The molecule has 0 bridgehead atoms. The Balaban J connectivity index is 1.67. The number of hydrogen-bond acceptors (Lipinski definition) is 8. The van der Waals surface area contributed by atoms with Gasteiger partial charge in [0, 0.05) is 12.1 Å². The van der Waals surface area contributed by atoms with Crippen LogP contribution in [0.25, 0.3) is 10.2 Å². The Morgan fingerprint density at radius 1 is 1.21 bits per heavy atom. The number of benzene rings is 2. The van der Waals surface area contributed by atoms with Crippen molar-refractivity contribution < 1.29 is 28.4 Å². The molecule has 0 unspecified atom stereocenters. The molecule has 0 radical (unpaired) electrons. The molecule has 1 aliphatic heterocycles. The molecule has 0 spiro atoms. The lowest BCUT2D eigenvalue weighted by Gasteiger charge is -2.24. The Bertz CT molecular complexity index is 1460. The Morgan fingerprint density at radius 2 is 1.97 bits per heavy atom. The molecule has 3 heterocycles. The van der Waals surface area contributed by atoms with Gasteiger partial charge < -0.3 is 9.52 Å². The van der Waals surface area contributed by atoms with Crippen molar-refractivity contribution in [3.8, 4) is 0 Å². The van der Waals surface area contributed by atoms with E-state index in [1.54, 1.807) is 0 Å². The number of halogens is 1. The van der Waals surface area contributed by atoms with Crippen LogP contribution >= 0.6 is 11.3 Å². The fourth-order valence-corrected chi connectivity index (χ4v) is 4.68. The highest BCUT2D eigenvalue weighted by molar-refractivity contribution is 7.22. The van der Waals surface area contributed by atoms with Gasteiger partial charge in [0.25, 0.3) is 11.6 Å². The highest BCUT2D eigenvalue weighted by Crippen LogP contribution is 2.44. The molecule has 164 valence electrons. The number of anilines is 1. The second-order valence-electron chi connectivity index (χ2n) is 7.10. The number of aliphatic hydroxyl groups excluding tert-OH is 1. The van der Waals surface area contributed by atoms with E-state index >= 15 is 0 Å². The minimum absolute atomic E-state index is 0.0931. The van der Waals surface area contributed by atoms with E-state index in [0.717, 1.165) is 16.2 Å². The maximum Gasteiger partial charge on any atom is 0.296 e. The van der Waals surface area contributed by atoms with Crippen LogP contribution in [0.5, 0.6) is 0 Å². The van der Waals surface area contributed by atoms with Crippen LogP contribution in [0.2, 0.25) is 0 Å². The summed E-state index contributed by atoms with van der Waals surface area (Å²) in [6, 6.07) is 10.9. The largest absolute Gasteiger partial charge is 0.503 e. The predicted octanol–water partition coefficient (Wildman–Crippen LogP) is 4.72. The second kappa shape index (κ2) is 7.64. The van der Waals surface area contributed by atoms with Gasteiger partial charge in [-0.1, -0.05) is 11.3 Å². The van der Waals surface area contributed by atoms with Crippen LogP contribution in [-0.4, -0.2) is 26.7 Å². The number of aromatic nitrogens is 1. The van der Waals surface area contributed by atoms with Gasteiger partial charge in [-0.2, -0.15) is 0 Å². The lowest BCUT2D eigenvalue weighted by Crippen LogP contribution is -2.30. The standard InChI is InChI=1S/C22H12FN3O6S/c23-12-5-8-14-16(10-12)33-22(24-14)25-18(11-3-6-13(7-4-11)26(30)31)17(20(28)21(25)29)19(27)15-2-1-9-32-15/h1-10,18,28H/t18-/m0/s1. The number of carbonyl (C=O) groups is 2. The van der Waals surface area contributed by atoms with Crippen LogP contribution in [0.15, 0.2) is 76.6 Å². The Morgan fingerprint density at radius 3 is 2.64 bits per heavy atom. The zero-order valence-electron chi connectivity index (χ0n) is 16.5. The normalized spacial score (nSPS) is 16.1. The Labute approximate surface area is 188 Å². The summed E-state index contributed by atoms with van der Waals surface area (Å²) in [6.07, 6.45) is 1.28. The summed E-state index contributed by atoms with van der Waals surface area (Å²) in [5.74, 6) is -2.96. The zero-order chi connectivity index (χ0) is 23.3. The van der Waals surface area contributed by atoms with Crippen LogP contribution in [-0.2, 0) is 4.79 Å². The van der Waals surface area contributed by atoms with Crippen molar-refractivity contribution in [2.75, 3.05) is 4.90 Å². The highest BCUT2D eigenvalue weighted by Gasteiger charge is 2.46. The van der Waals surface area contributed by atoms with E-state index in [9.17, 15) is 29.2 Å². The summed E-state index contributed by atoms with van der Waals surface area (Å²) in [4.78, 5) is 42.2. The van der Waals surface area contributed by atoms with Gasteiger partial charge in [0.15, 0.2) is 16.7 Å². The third kappa shape index (κ3) is 3.34. The van der Waals surface area contributed by atoms with Crippen LogP contribution < -0.4 is 4.90 Å². The Kier molecular flexibility index (Phi) is 4.75.